The number of nitrogens with one attached hydrogen (secondary N) is 1. The van der Waals surface area contributed by atoms with Crippen molar-refractivity contribution in [1.82, 2.24) is 10.2 Å². The van der Waals surface area contributed by atoms with Crippen LogP contribution >= 0.6 is 12.4 Å². The van der Waals surface area contributed by atoms with Gasteiger partial charge in [-0.25, -0.2) is 0 Å². The van der Waals surface area contributed by atoms with Crippen molar-refractivity contribution in [3.63, 3.8) is 0 Å². The Bertz CT molecular complexity index is 328. The molecular weight excluding hydrogens is 316 g/mol. The number of methoxy groups -OCH3 is 1. The number of carbonyl (C=O) groups is 1. The number of hydrogen-bond acceptors (Lipinski definition) is 4. The lowest BCUT2D eigenvalue weighted by Crippen LogP contribution is -2.45. The molecule has 1 heterocycles. The van der Waals surface area contributed by atoms with Crippen LogP contribution in [0.3, 0.4) is 0 Å². The Balaban J connectivity index is 0.00000264. The van der Waals surface area contributed by atoms with Crippen molar-refractivity contribution in [2.75, 3.05) is 39.9 Å². The number of ether oxygens (including phenoxy) is 2. The van der Waals surface area contributed by atoms with Crippen LogP contribution in [0.2, 0.25) is 0 Å². The Kier molecular flexibility index (Phi) is 10.1. The fourth-order valence-corrected chi connectivity index (χ4v) is 3.36. The first kappa shape index (κ1) is 20.7. The lowest BCUT2D eigenvalue weighted by molar-refractivity contribution is -0.134. The van der Waals surface area contributed by atoms with Gasteiger partial charge < -0.3 is 19.7 Å². The van der Waals surface area contributed by atoms with Crippen molar-refractivity contribution in [2.24, 2.45) is 5.92 Å². The molecule has 0 spiro atoms. The van der Waals surface area contributed by atoms with Gasteiger partial charge in [-0.15, -0.1) is 12.4 Å². The standard InChI is InChI=1S/C17H32N2O3.ClH/c1-14-3-5-15(6-4-14)22-16-7-10-19(11-8-16)17(20)13-18-9-12-21-2;/h14-16,18H,3-13H2,1-2H3;1H. The highest BCUT2D eigenvalue weighted by atomic mass is 35.5. The monoisotopic (exact) mass is 348 g/mol. The summed E-state index contributed by atoms with van der Waals surface area (Å²) in [5.74, 6) is 1.06. The third kappa shape index (κ3) is 7.38. The van der Waals surface area contributed by atoms with E-state index >= 15 is 0 Å². The number of hydrogen-bond donors (Lipinski definition) is 1. The van der Waals surface area contributed by atoms with Gasteiger partial charge in [0.15, 0.2) is 0 Å². The second-order valence-electron chi connectivity index (χ2n) is 6.77. The summed E-state index contributed by atoms with van der Waals surface area (Å²) < 4.78 is 11.2. The molecule has 0 radical (unpaired) electrons. The molecule has 2 rings (SSSR count). The molecule has 0 aromatic heterocycles. The number of carbonyl (C=O) groups excluding carboxylic acids is 1. The summed E-state index contributed by atoms with van der Waals surface area (Å²) in [7, 11) is 1.67. The SMILES string of the molecule is COCCNCC(=O)N1CCC(OC2CCC(C)CC2)CC1.Cl. The van der Waals surface area contributed by atoms with Gasteiger partial charge in [0.05, 0.1) is 25.4 Å². The summed E-state index contributed by atoms with van der Waals surface area (Å²) in [6.07, 6.45) is 7.80. The summed E-state index contributed by atoms with van der Waals surface area (Å²) in [4.78, 5) is 14.0. The van der Waals surface area contributed by atoms with E-state index in [2.05, 4.69) is 12.2 Å². The Labute approximate surface area is 146 Å². The molecule has 23 heavy (non-hydrogen) atoms. The fraction of sp³-hybridized carbons (Fsp3) is 0.941. The van der Waals surface area contributed by atoms with Gasteiger partial charge in [0.25, 0.3) is 0 Å². The van der Waals surface area contributed by atoms with Crippen LogP contribution in [0.5, 0.6) is 0 Å². The van der Waals surface area contributed by atoms with Gasteiger partial charge in [-0.05, 0) is 44.4 Å². The van der Waals surface area contributed by atoms with E-state index in [9.17, 15) is 4.79 Å². The van der Waals surface area contributed by atoms with Crippen molar-refractivity contribution < 1.29 is 14.3 Å². The van der Waals surface area contributed by atoms with Crippen LogP contribution in [-0.4, -0.2) is 62.9 Å². The minimum Gasteiger partial charge on any atom is -0.383 e. The number of halogens is 1. The lowest BCUT2D eigenvalue weighted by atomic mass is 9.88. The number of rotatable bonds is 7. The van der Waals surface area contributed by atoms with Gasteiger partial charge in [-0.1, -0.05) is 6.92 Å². The van der Waals surface area contributed by atoms with Gasteiger partial charge in [0.1, 0.15) is 0 Å². The average Bonchev–Trinajstić information content (AvgIpc) is 2.54. The molecule has 0 bridgehead atoms. The van der Waals surface area contributed by atoms with Crippen molar-refractivity contribution in [3.8, 4) is 0 Å². The maximum Gasteiger partial charge on any atom is 0.236 e. The van der Waals surface area contributed by atoms with Crippen LogP contribution in [0.15, 0.2) is 0 Å². The van der Waals surface area contributed by atoms with E-state index in [0.29, 0.717) is 25.4 Å². The summed E-state index contributed by atoms with van der Waals surface area (Å²) in [5, 5.41) is 3.12. The van der Waals surface area contributed by atoms with Crippen molar-refractivity contribution in [1.29, 1.82) is 0 Å². The molecule has 5 nitrogen and oxygen atoms in total. The molecule has 1 saturated carbocycles. The Morgan fingerprint density at radius 2 is 1.70 bits per heavy atom. The zero-order valence-electron chi connectivity index (χ0n) is 14.6. The maximum absolute atomic E-state index is 12.1. The third-order valence-electron chi connectivity index (χ3n) is 4.90. The second-order valence-corrected chi connectivity index (χ2v) is 6.77. The van der Waals surface area contributed by atoms with E-state index in [1.807, 2.05) is 4.90 Å². The van der Waals surface area contributed by atoms with E-state index in [4.69, 9.17) is 9.47 Å². The molecule has 1 N–H and O–H groups in total. The molecule has 0 atom stereocenters. The third-order valence-corrected chi connectivity index (χ3v) is 4.90. The molecule has 0 unspecified atom stereocenters. The van der Waals surface area contributed by atoms with E-state index in [0.717, 1.165) is 38.4 Å². The molecular formula is C17H33ClN2O3. The first-order valence-electron chi connectivity index (χ1n) is 8.82. The first-order chi connectivity index (χ1) is 10.7. The molecule has 2 aliphatic rings. The predicted octanol–water partition coefficient (Wildman–Crippen LogP) is 2.23. The Morgan fingerprint density at radius 3 is 2.30 bits per heavy atom. The van der Waals surface area contributed by atoms with Crippen molar-refractivity contribution >= 4 is 18.3 Å². The quantitative estimate of drug-likeness (QED) is 0.717. The van der Waals surface area contributed by atoms with Gasteiger partial charge in [0, 0.05) is 26.7 Å². The molecule has 6 heteroatoms. The molecule has 1 amide bonds. The molecule has 2 fully saturated rings. The molecule has 1 aliphatic carbocycles. The van der Waals surface area contributed by atoms with E-state index in [1.54, 1.807) is 7.11 Å². The van der Waals surface area contributed by atoms with Crippen LogP contribution in [-0.2, 0) is 14.3 Å². The first-order valence-corrected chi connectivity index (χ1v) is 8.82. The summed E-state index contributed by atoms with van der Waals surface area (Å²) in [5.41, 5.74) is 0. The van der Waals surface area contributed by atoms with Crippen LogP contribution in [0, 0.1) is 5.92 Å². The topological polar surface area (TPSA) is 50.8 Å². The largest absolute Gasteiger partial charge is 0.383 e. The van der Waals surface area contributed by atoms with Crippen LogP contribution in [0.4, 0.5) is 0 Å². The zero-order valence-corrected chi connectivity index (χ0v) is 15.4. The Hall–Kier alpha value is -0.360. The van der Waals surface area contributed by atoms with E-state index < -0.39 is 0 Å². The van der Waals surface area contributed by atoms with Gasteiger partial charge in [-0.3, -0.25) is 4.79 Å². The summed E-state index contributed by atoms with van der Waals surface area (Å²) >= 11 is 0. The molecule has 136 valence electrons. The van der Waals surface area contributed by atoms with Crippen LogP contribution < -0.4 is 5.32 Å². The number of amides is 1. The molecule has 0 aromatic carbocycles. The minimum atomic E-state index is 0. The smallest absolute Gasteiger partial charge is 0.236 e. The highest BCUT2D eigenvalue weighted by Gasteiger charge is 2.26. The Morgan fingerprint density at radius 1 is 1.09 bits per heavy atom. The van der Waals surface area contributed by atoms with Gasteiger partial charge in [0.2, 0.25) is 5.91 Å². The van der Waals surface area contributed by atoms with Crippen LogP contribution in [0.1, 0.15) is 45.4 Å². The minimum absolute atomic E-state index is 0. The fourth-order valence-electron chi connectivity index (χ4n) is 3.36. The van der Waals surface area contributed by atoms with E-state index in [-0.39, 0.29) is 18.3 Å². The lowest BCUT2D eigenvalue weighted by Gasteiger charge is -2.35. The highest BCUT2D eigenvalue weighted by Crippen LogP contribution is 2.28. The normalized spacial score (nSPS) is 25.9. The predicted molar refractivity (Wildman–Crippen MR) is 94.1 cm³/mol. The average molecular weight is 349 g/mol. The van der Waals surface area contributed by atoms with Crippen molar-refractivity contribution in [2.45, 2.75) is 57.7 Å². The van der Waals surface area contributed by atoms with Crippen molar-refractivity contribution in [3.05, 3.63) is 0 Å². The zero-order chi connectivity index (χ0) is 15.8. The molecule has 0 aromatic rings. The maximum atomic E-state index is 12.1. The molecule has 1 aliphatic heterocycles. The summed E-state index contributed by atoms with van der Waals surface area (Å²) in [6, 6.07) is 0. The summed E-state index contributed by atoms with van der Waals surface area (Å²) in [6.45, 7) is 5.78. The highest BCUT2D eigenvalue weighted by molar-refractivity contribution is 5.85. The number of nitrogens with zero attached hydrogens (tertiary/aromatic N) is 1. The number of piperidine rings is 1. The molecule has 1 saturated heterocycles. The number of likely N-dealkylation sites (tertiary alicyclic amines) is 1. The van der Waals surface area contributed by atoms with Gasteiger partial charge >= 0.3 is 0 Å². The van der Waals surface area contributed by atoms with E-state index in [1.165, 1.54) is 25.7 Å². The van der Waals surface area contributed by atoms with Crippen LogP contribution in [0.25, 0.3) is 0 Å². The second kappa shape index (κ2) is 11.2. The van der Waals surface area contributed by atoms with Gasteiger partial charge in [-0.2, -0.15) is 0 Å².